The molecule has 28 heavy (non-hydrogen) atoms. The fraction of sp³-hybridized carbons (Fsp3) is 0.227. The summed E-state index contributed by atoms with van der Waals surface area (Å²) in [5.41, 5.74) is 3.76. The first-order chi connectivity index (χ1) is 13.3. The fourth-order valence-corrected chi connectivity index (χ4v) is 2.98. The monoisotopic (exact) mass is 396 g/mol. The summed E-state index contributed by atoms with van der Waals surface area (Å²) >= 11 is 5.85. The number of hydrogen-bond acceptors (Lipinski definition) is 4. The van der Waals surface area contributed by atoms with Crippen LogP contribution in [0.4, 0.5) is 0 Å². The van der Waals surface area contributed by atoms with Crippen LogP contribution in [0.25, 0.3) is 10.9 Å². The van der Waals surface area contributed by atoms with Crippen LogP contribution in [0.3, 0.4) is 0 Å². The van der Waals surface area contributed by atoms with Gasteiger partial charge < -0.3 is 10.1 Å². The minimum absolute atomic E-state index is 0.328. The first-order valence-electron chi connectivity index (χ1n) is 8.94. The molecule has 5 nitrogen and oxygen atoms in total. The predicted octanol–water partition coefficient (Wildman–Crippen LogP) is 4.37. The van der Waals surface area contributed by atoms with Crippen LogP contribution in [0.2, 0.25) is 5.02 Å². The second-order valence-corrected chi connectivity index (χ2v) is 7.16. The molecule has 0 radical (unpaired) electrons. The third kappa shape index (κ3) is 4.67. The van der Waals surface area contributed by atoms with Crippen LogP contribution in [-0.2, 0) is 16.1 Å². The molecule has 0 saturated carbocycles. The maximum Gasteiger partial charge on any atom is 0.339 e. The zero-order valence-corrected chi connectivity index (χ0v) is 16.7. The van der Waals surface area contributed by atoms with Gasteiger partial charge in [0, 0.05) is 22.6 Å². The molecule has 1 unspecified atom stereocenters. The smallest absolute Gasteiger partial charge is 0.339 e. The second-order valence-electron chi connectivity index (χ2n) is 6.72. The van der Waals surface area contributed by atoms with Crippen LogP contribution in [0, 0.1) is 13.8 Å². The van der Waals surface area contributed by atoms with Gasteiger partial charge in [0.05, 0.1) is 11.1 Å². The number of carbonyl (C=O) groups excluding carboxylic acids is 2. The van der Waals surface area contributed by atoms with Gasteiger partial charge in [-0.05, 0) is 56.7 Å². The zero-order valence-electron chi connectivity index (χ0n) is 16.0. The number of rotatable bonds is 5. The number of pyridine rings is 1. The molecule has 6 heteroatoms. The zero-order chi connectivity index (χ0) is 20.3. The summed E-state index contributed by atoms with van der Waals surface area (Å²) in [6.45, 7) is 5.64. The largest absolute Gasteiger partial charge is 0.449 e. The molecule has 3 aromatic rings. The fourth-order valence-electron chi connectivity index (χ4n) is 2.85. The highest BCUT2D eigenvalue weighted by atomic mass is 35.5. The van der Waals surface area contributed by atoms with E-state index in [9.17, 15) is 9.59 Å². The van der Waals surface area contributed by atoms with Crippen molar-refractivity contribution < 1.29 is 14.3 Å². The van der Waals surface area contributed by atoms with E-state index in [0.717, 1.165) is 16.6 Å². The highest BCUT2D eigenvalue weighted by molar-refractivity contribution is 6.30. The van der Waals surface area contributed by atoms with E-state index in [1.807, 2.05) is 44.2 Å². The topological polar surface area (TPSA) is 68.3 Å². The van der Waals surface area contributed by atoms with Crippen LogP contribution >= 0.6 is 11.6 Å². The third-order valence-corrected chi connectivity index (χ3v) is 4.60. The minimum Gasteiger partial charge on any atom is -0.449 e. The molecule has 0 aliphatic rings. The van der Waals surface area contributed by atoms with Crippen molar-refractivity contribution in [3.63, 3.8) is 0 Å². The predicted molar refractivity (Wildman–Crippen MR) is 109 cm³/mol. The molecule has 0 aliphatic heterocycles. The van der Waals surface area contributed by atoms with Crippen LogP contribution < -0.4 is 5.32 Å². The van der Waals surface area contributed by atoms with Crippen LogP contribution in [-0.4, -0.2) is 23.0 Å². The number of hydrogen-bond donors (Lipinski definition) is 1. The van der Waals surface area contributed by atoms with Crippen molar-refractivity contribution in [2.24, 2.45) is 0 Å². The molecule has 3 rings (SSSR count). The van der Waals surface area contributed by atoms with Gasteiger partial charge in [0.25, 0.3) is 5.91 Å². The summed E-state index contributed by atoms with van der Waals surface area (Å²) in [7, 11) is 0. The SMILES string of the molecule is Cc1ccc2nc(C)cc(C(=O)OC(C)C(=O)NCc3ccc(Cl)cc3)c2c1. The lowest BCUT2D eigenvalue weighted by molar-refractivity contribution is -0.129. The Morgan fingerprint density at radius 1 is 1.11 bits per heavy atom. The van der Waals surface area contributed by atoms with Crippen molar-refractivity contribution in [2.45, 2.75) is 33.4 Å². The van der Waals surface area contributed by atoms with E-state index in [1.165, 1.54) is 0 Å². The maximum atomic E-state index is 12.7. The average Bonchev–Trinajstić information content (AvgIpc) is 2.66. The Kier molecular flexibility index (Phi) is 5.95. The van der Waals surface area contributed by atoms with Gasteiger partial charge in [-0.15, -0.1) is 0 Å². The Morgan fingerprint density at radius 3 is 2.54 bits per heavy atom. The number of halogens is 1. The number of fused-ring (bicyclic) bond motifs is 1. The lowest BCUT2D eigenvalue weighted by Crippen LogP contribution is -2.35. The molecule has 2 aromatic carbocycles. The van der Waals surface area contributed by atoms with Crippen molar-refractivity contribution >= 4 is 34.4 Å². The quantitative estimate of drug-likeness (QED) is 0.650. The van der Waals surface area contributed by atoms with Gasteiger partial charge in [-0.2, -0.15) is 0 Å². The highest BCUT2D eigenvalue weighted by Crippen LogP contribution is 2.21. The maximum absolute atomic E-state index is 12.7. The number of benzene rings is 2. The summed E-state index contributed by atoms with van der Waals surface area (Å²) in [5.74, 6) is -0.912. The number of nitrogens with one attached hydrogen (secondary N) is 1. The number of aromatic nitrogens is 1. The molecule has 1 aromatic heterocycles. The molecule has 0 saturated heterocycles. The Hall–Kier alpha value is -2.92. The van der Waals surface area contributed by atoms with Gasteiger partial charge in [0.2, 0.25) is 0 Å². The van der Waals surface area contributed by atoms with Gasteiger partial charge >= 0.3 is 5.97 Å². The molecule has 0 spiro atoms. The number of nitrogens with zero attached hydrogens (tertiary/aromatic N) is 1. The Morgan fingerprint density at radius 2 is 1.82 bits per heavy atom. The van der Waals surface area contributed by atoms with E-state index >= 15 is 0 Å². The summed E-state index contributed by atoms with van der Waals surface area (Å²) in [4.78, 5) is 29.5. The second kappa shape index (κ2) is 8.40. The van der Waals surface area contributed by atoms with Crippen LogP contribution in [0.1, 0.15) is 34.1 Å². The normalized spacial score (nSPS) is 11.9. The molecule has 1 N–H and O–H groups in total. The lowest BCUT2D eigenvalue weighted by atomic mass is 10.1. The third-order valence-electron chi connectivity index (χ3n) is 4.35. The molecular formula is C22H21ClN2O3. The van der Waals surface area contributed by atoms with E-state index < -0.39 is 12.1 Å². The summed E-state index contributed by atoms with van der Waals surface area (Å²) in [6.07, 6.45) is -0.923. The summed E-state index contributed by atoms with van der Waals surface area (Å²) in [6, 6.07) is 14.6. The van der Waals surface area contributed by atoms with E-state index in [0.29, 0.717) is 28.2 Å². The van der Waals surface area contributed by atoms with E-state index in [4.69, 9.17) is 16.3 Å². The van der Waals surface area contributed by atoms with Crippen molar-refractivity contribution in [3.05, 3.63) is 75.9 Å². The molecule has 1 heterocycles. The van der Waals surface area contributed by atoms with Gasteiger partial charge in [-0.1, -0.05) is 35.4 Å². The minimum atomic E-state index is -0.923. The average molecular weight is 397 g/mol. The van der Waals surface area contributed by atoms with Crippen molar-refractivity contribution in [2.75, 3.05) is 0 Å². The Balaban J connectivity index is 1.70. The van der Waals surface area contributed by atoms with E-state index in [-0.39, 0.29) is 5.91 Å². The molecule has 0 fully saturated rings. The lowest BCUT2D eigenvalue weighted by Gasteiger charge is -2.15. The number of amides is 1. The van der Waals surface area contributed by atoms with Crippen molar-refractivity contribution in [1.82, 2.24) is 10.3 Å². The summed E-state index contributed by atoms with van der Waals surface area (Å²) < 4.78 is 5.41. The molecule has 144 valence electrons. The van der Waals surface area contributed by atoms with Gasteiger partial charge in [0.1, 0.15) is 0 Å². The van der Waals surface area contributed by atoms with E-state index in [1.54, 1.807) is 25.1 Å². The molecule has 0 bridgehead atoms. The molecule has 1 atom stereocenters. The molecule has 0 aliphatic carbocycles. The number of aryl methyl sites for hydroxylation is 2. The van der Waals surface area contributed by atoms with Crippen molar-refractivity contribution in [1.29, 1.82) is 0 Å². The van der Waals surface area contributed by atoms with Crippen molar-refractivity contribution in [3.8, 4) is 0 Å². The van der Waals surface area contributed by atoms with Crippen LogP contribution in [0.15, 0.2) is 48.5 Å². The van der Waals surface area contributed by atoms with Gasteiger partial charge in [-0.25, -0.2) is 4.79 Å². The van der Waals surface area contributed by atoms with E-state index in [2.05, 4.69) is 10.3 Å². The Labute approximate surface area is 168 Å². The van der Waals surface area contributed by atoms with Crippen LogP contribution in [0.5, 0.6) is 0 Å². The standard InChI is InChI=1S/C22H21ClN2O3/c1-13-4-9-20-18(10-13)19(11-14(2)25-20)22(27)28-15(3)21(26)24-12-16-5-7-17(23)8-6-16/h4-11,15H,12H2,1-3H3,(H,24,26). The number of esters is 1. The number of carbonyl (C=O) groups is 2. The molecular weight excluding hydrogens is 376 g/mol. The number of ether oxygens (including phenoxy) is 1. The molecule has 1 amide bonds. The van der Waals surface area contributed by atoms with Gasteiger partial charge in [-0.3, -0.25) is 9.78 Å². The van der Waals surface area contributed by atoms with Gasteiger partial charge in [0.15, 0.2) is 6.10 Å². The first-order valence-corrected chi connectivity index (χ1v) is 9.32. The first kappa shape index (κ1) is 19.8. The Bertz CT molecular complexity index is 1030. The summed E-state index contributed by atoms with van der Waals surface area (Å²) in [5, 5.41) is 4.11. The highest BCUT2D eigenvalue weighted by Gasteiger charge is 2.21.